The maximum absolute atomic E-state index is 11.4. The summed E-state index contributed by atoms with van der Waals surface area (Å²) in [6.07, 6.45) is 1.77. The molecule has 0 spiro atoms. The molecule has 1 N–H and O–H groups in total. The van der Waals surface area contributed by atoms with E-state index in [-0.39, 0.29) is 5.56 Å². The average molecular weight is 212 g/mol. The number of fused-ring (bicyclic) bond motifs is 3. The predicted molar refractivity (Wildman–Crippen MR) is 65.8 cm³/mol. The molecule has 0 atom stereocenters. The molecule has 0 radical (unpaired) electrons. The number of benzene rings is 1. The van der Waals surface area contributed by atoms with Crippen molar-refractivity contribution in [3.8, 4) is 0 Å². The Hall–Kier alpha value is -2.03. The van der Waals surface area contributed by atoms with E-state index in [0.717, 1.165) is 16.4 Å². The molecule has 0 fully saturated rings. The summed E-state index contributed by atoms with van der Waals surface area (Å²) in [5.74, 6) is 0. The van der Waals surface area contributed by atoms with Crippen LogP contribution in [0.1, 0.15) is 5.56 Å². The van der Waals surface area contributed by atoms with E-state index in [9.17, 15) is 4.79 Å². The van der Waals surface area contributed by atoms with Crippen LogP contribution in [-0.4, -0.2) is 9.55 Å². The predicted octanol–water partition coefficient (Wildman–Crippen LogP) is 2.33. The molecule has 3 rings (SSSR count). The Morgan fingerprint density at radius 3 is 2.88 bits per heavy atom. The fraction of sp³-hybridized carbons (Fsp3) is 0.154. The van der Waals surface area contributed by atoms with Crippen molar-refractivity contribution in [3.63, 3.8) is 0 Å². The fourth-order valence-corrected chi connectivity index (χ4v) is 2.35. The van der Waals surface area contributed by atoms with Crippen LogP contribution in [0.15, 0.2) is 35.3 Å². The molecule has 0 aliphatic carbocycles. The van der Waals surface area contributed by atoms with Gasteiger partial charge in [0.2, 0.25) is 5.56 Å². The summed E-state index contributed by atoms with van der Waals surface area (Å²) >= 11 is 0. The molecular formula is C13H12N2O. The maximum Gasteiger partial charge on any atom is 0.248 e. The van der Waals surface area contributed by atoms with E-state index in [1.54, 1.807) is 12.3 Å². The molecule has 80 valence electrons. The Bertz CT molecular complexity index is 750. The molecule has 0 saturated heterocycles. The number of aromatic amines is 1. The highest BCUT2D eigenvalue weighted by atomic mass is 16.1. The first-order valence-corrected chi connectivity index (χ1v) is 5.25. The van der Waals surface area contributed by atoms with E-state index < -0.39 is 0 Å². The highest BCUT2D eigenvalue weighted by molar-refractivity contribution is 6.09. The number of rotatable bonds is 0. The van der Waals surface area contributed by atoms with E-state index in [0.29, 0.717) is 0 Å². The second-order valence-electron chi connectivity index (χ2n) is 4.12. The van der Waals surface area contributed by atoms with Crippen molar-refractivity contribution in [2.24, 2.45) is 7.05 Å². The van der Waals surface area contributed by atoms with Crippen molar-refractivity contribution in [1.82, 2.24) is 9.55 Å². The van der Waals surface area contributed by atoms with Gasteiger partial charge in [-0.2, -0.15) is 0 Å². The summed E-state index contributed by atoms with van der Waals surface area (Å²) in [5.41, 5.74) is 3.37. The smallest absolute Gasteiger partial charge is 0.248 e. The Balaban J connectivity index is 2.72. The summed E-state index contributed by atoms with van der Waals surface area (Å²) in [6, 6.07) is 7.86. The minimum Gasteiger partial charge on any atom is -0.342 e. The first-order chi connectivity index (χ1) is 7.68. The van der Waals surface area contributed by atoms with Gasteiger partial charge in [-0.25, -0.2) is 0 Å². The number of aryl methyl sites for hydroxylation is 2. The van der Waals surface area contributed by atoms with Gasteiger partial charge in [-0.3, -0.25) is 4.79 Å². The third-order valence-electron chi connectivity index (χ3n) is 3.15. The minimum atomic E-state index is -0.0525. The molecule has 3 heteroatoms. The first kappa shape index (κ1) is 9.21. The number of nitrogens with one attached hydrogen (secondary N) is 1. The topological polar surface area (TPSA) is 37.8 Å². The van der Waals surface area contributed by atoms with Crippen LogP contribution in [-0.2, 0) is 7.05 Å². The van der Waals surface area contributed by atoms with Gasteiger partial charge in [-0.1, -0.05) is 12.1 Å². The Labute approximate surface area is 92.3 Å². The highest BCUT2D eigenvalue weighted by Gasteiger charge is 2.09. The Kier molecular flexibility index (Phi) is 1.72. The molecule has 0 saturated carbocycles. The van der Waals surface area contributed by atoms with Crippen molar-refractivity contribution in [2.45, 2.75) is 6.92 Å². The minimum absolute atomic E-state index is 0.0525. The van der Waals surface area contributed by atoms with Crippen molar-refractivity contribution in [1.29, 1.82) is 0 Å². The van der Waals surface area contributed by atoms with Gasteiger partial charge in [-0.15, -0.1) is 0 Å². The summed E-state index contributed by atoms with van der Waals surface area (Å²) in [5, 5.41) is 2.20. The summed E-state index contributed by atoms with van der Waals surface area (Å²) < 4.78 is 2.10. The van der Waals surface area contributed by atoms with Crippen LogP contribution in [0.2, 0.25) is 0 Å². The molecule has 16 heavy (non-hydrogen) atoms. The standard InChI is InChI=1S/C13H12N2O/c1-8-4-3-5-10-13(8)9-6-12(16)14-7-11(9)15(10)2/h3-7H,1-2H3,(H,14,16). The fourth-order valence-electron chi connectivity index (χ4n) is 2.35. The van der Waals surface area contributed by atoms with Crippen molar-refractivity contribution in [2.75, 3.05) is 0 Å². The van der Waals surface area contributed by atoms with E-state index in [1.807, 2.05) is 13.1 Å². The SMILES string of the molecule is Cc1cccc2c1c1cc(=O)[nH]cc1n2C. The lowest BCUT2D eigenvalue weighted by atomic mass is 10.1. The maximum atomic E-state index is 11.4. The zero-order valence-corrected chi connectivity index (χ0v) is 9.24. The van der Waals surface area contributed by atoms with Crippen LogP contribution >= 0.6 is 0 Å². The molecule has 2 heterocycles. The lowest BCUT2D eigenvalue weighted by Crippen LogP contribution is -2.01. The van der Waals surface area contributed by atoms with Gasteiger partial charge in [0.05, 0.1) is 5.52 Å². The van der Waals surface area contributed by atoms with Crippen LogP contribution in [0.3, 0.4) is 0 Å². The average Bonchev–Trinajstić information content (AvgIpc) is 2.54. The molecular weight excluding hydrogens is 200 g/mol. The quantitative estimate of drug-likeness (QED) is 0.610. The third kappa shape index (κ3) is 1.05. The molecule has 0 amide bonds. The number of hydrogen-bond donors (Lipinski definition) is 1. The van der Waals surface area contributed by atoms with Crippen LogP contribution in [0.4, 0.5) is 0 Å². The largest absolute Gasteiger partial charge is 0.342 e. The van der Waals surface area contributed by atoms with Crippen molar-refractivity contribution in [3.05, 3.63) is 46.4 Å². The summed E-state index contributed by atoms with van der Waals surface area (Å²) in [6.45, 7) is 2.07. The molecule has 0 unspecified atom stereocenters. The zero-order valence-electron chi connectivity index (χ0n) is 9.24. The second-order valence-corrected chi connectivity index (χ2v) is 4.12. The molecule has 0 bridgehead atoms. The highest BCUT2D eigenvalue weighted by Crippen LogP contribution is 2.28. The Morgan fingerprint density at radius 2 is 2.06 bits per heavy atom. The van der Waals surface area contributed by atoms with E-state index in [4.69, 9.17) is 0 Å². The van der Waals surface area contributed by atoms with Gasteiger partial charge in [0.15, 0.2) is 0 Å². The number of nitrogens with zero attached hydrogens (tertiary/aromatic N) is 1. The first-order valence-electron chi connectivity index (χ1n) is 5.25. The number of aromatic nitrogens is 2. The lowest BCUT2D eigenvalue weighted by molar-refractivity contribution is 1.01. The normalized spacial score (nSPS) is 11.4. The van der Waals surface area contributed by atoms with Crippen molar-refractivity contribution < 1.29 is 0 Å². The number of hydrogen-bond acceptors (Lipinski definition) is 1. The van der Waals surface area contributed by atoms with Crippen LogP contribution < -0.4 is 5.56 Å². The van der Waals surface area contributed by atoms with Crippen LogP contribution in [0.5, 0.6) is 0 Å². The third-order valence-corrected chi connectivity index (χ3v) is 3.15. The molecule has 3 aromatic rings. The number of H-pyrrole nitrogens is 1. The lowest BCUT2D eigenvalue weighted by Gasteiger charge is -1.97. The van der Waals surface area contributed by atoms with Crippen molar-refractivity contribution >= 4 is 21.8 Å². The molecule has 1 aromatic carbocycles. The second kappa shape index (κ2) is 2.98. The van der Waals surface area contributed by atoms with Gasteiger partial charge < -0.3 is 9.55 Å². The monoisotopic (exact) mass is 212 g/mol. The van der Waals surface area contributed by atoms with E-state index >= 15 is 0 Å². The zero-order chi connectivity index (χ0) is 11.3. The van der Waals surface area contributed by atoms with Crippen LogP contribution in [0, 0.1) is 6.92 Å². The molecule has 0 aliphatic rings. The summed E-state index contributed by atoms with van der Waals surface area (Å²) in [4.78, 5) is 14.1. The Morgan fingerprint density at radius 1 is 1.25 bits per heavy atom. The van der Waals surface area contributed by atoms with E-state index in [1.165, 1.54) is 10.9 Å². The van der Waals surface area contributed by atoms with Gasteiger partial charge in [0.1, 0.15) is 0 Å². The van der Waals surface area contributed by atoms with Crippen LogP contribution in [0.25, 0.3) is 21.8 Å². The van der Waals surface area contributed by atoms with Gasteiger partial charge >= 0.3 is 0 Å². The molecule has 3 nitrogen and oxygen atoms in total. The van der Waals surface area contributed by atoms with Gasteiger partial charge in [-0.05, 0) is 18.6 Å². The van der Waals surface area contributed by atoms with E-state index in [2.05, 4.69) is 28.6 Å². The molecule has 2 aromatic heterocycles. The number of pyridine rings is 1. The van der Waals surface area contributed by atoms with Gasteiger partial charge in [0.25, 0.3) is 0 Å². The van der Waals surface area contributed by atoms with Gasteiger partial charge in [0, 0.05) is 35.6 Å². The molecule has 0 aliphatic heterocycles. The summed E-state index contributed by atoms with van der Waals surface area (Å²) in [7, 11) is 2.02.